The standard InChI is InChI=1S/C14H23NO.C4H6O6/c1-5-14(11(2)10-15(3)4)12-7-6-8-13(16)9-12;5-1(3(7)8)2(6)4(9)10/h6-9,11,14,16H,5,10H2,1-4H3;1-2,5-6H,(H,7,8)(H,9,10)/t11-,14+;/m0./s1. The summed E-state index contributed by atoms with van der Waals surface area (Å²) >= 11 is 0. The fraction of sp³-hybridized carbons (Fsp3) is 0.556. The molecule has 2 unspecified atom stereocenters. The van der Waals surface area contributed by atoms with Gasteiger partial charge in [-0.3, -0.25) is 0 Å². The van der Waals surface area contributed by atoms with Gasteiger partial charge in [-0.1, -0.05) is 26.0 Å². The molecule has 8 nitrogen and oxygen atoms in total. The number of carbonyl (C=O) groups is 2. The van der Waals surface area contributed by atoms with Gasteiger partial charge in [0.1, 0.15) is 5.75 Å². The van der Waals surface area contributed by atoms with Gasteiger partial charge in [-0.15, -0.1) is 0 Å². The molecule has 148 valence electrons. The third-order valence-corrected chi connectivity index (χ3v) is 3.88. The Hall–Kier alpha value is -2.16. The van der Waals surface area contributed by atoms with Crippen molar-refractivity contribution in [2.24, 2.45) is 5.92 Å². The summed E-state index contributed by atoms with van der Waals surface area (Å²) in [5, 5.41) is 42.0. The van der Waals surface area contributed by atoms with Crippen molar-refractivity contribution in [3.63, 3.8) is 0 Å². The first kappa shape index (κ1) is 23.8. The molecule has 0 aliphatic carbocycles. The second-order valence-corrected chi connectivity index (χ2v) is 6.42. The van der Waals surface area contributed by atoms with Gasteiger partial charge in [0.15, 0.2) is 12.2 Å². The second kappa shape index (κ2) is 11.5. The Kier molecular flexibility index (Phi) is 10.5. The van der Waals surface area contributed by atoms with Crippen LogP contribution in [0.4, 0.5) is 0 Å². The van der Waals surface area contributed by atoms with Gasteiger partial charge in [-0.25, -0.2) is 9.59 Å². The van der Waals surface area contributed by atoms with Crippen LogP contribution >= 0.6 is 0 Å². The highest BCUT2D eigenvalue weighted by Crippen LogP contribution is 2.30. The maximum atomic E-state index is 9.77. The summed E-state index contributed by atoms with van der Waals surface area (Å²) in [4.78, 5) is 21.8. The van der Waals surface area contributed by atoms with Crippen LogP contribution in [0.1, 0.15) is 31.7 Å². The first-order chi connectivity index (χ1) is 12.0. The average Bonchev–Trinajstić information content (AvgIpc) is 2.53. The lowest BCUT2D eigenvalue weighted by Gasteiger charge is -2.26. The maximum absolute atomic E-state index is 9.77. The molecule has 1 aromatic rings. The smallest absolute Gasteiger partial charge is 0.335 e. The molecule has 0 amide bonds. The molecule has 1 aromatic carbocycles. The van der Waals surface area contributed by atoms with Crippen molar-refractivity contribution in [3.8, 4) is 5.75 Å². The Balaban J connectivity index is 0.000000541. The number of phenols is 1. The Bertz CT molecular complexity index is 558. The van der Waals surface area contributed by atoms with Crippen molar-refractivity contribution in [1.29, 1.82) is 0 Å². The van der Waals surface area contributed by atoms with Crippen LogP contribution < -0.4 is 0 Å². The molecule has 0 saturated heterocycles. The largest absolute Gasteiger partial charge is 0.508 e. The van der Waals surface area contributed by atoms with Crippen molar-refractivity contribution < 1.29 is 35.1 Å². The quantitative estimate of drug-likeness (QED) is 0.455. The van der Waals surface area contributed by atoms with Crippen LogP contribution in [0.3, 0.4) is 0 Å². The summed E-state index contributed by atoms with van der Waals surface area (Å²) in [6, 6.07) is 7.66. The number of benzene rings is 1. The molecule has 8 heteroatoms. The number of aliphatic hydroxyl groups is 2. The van der Waals surface area contributed by atoms with Gasteiger partial charge < -0.3 is 30.4 Å². The van der Waals surface area contributed by atoms with Gasteiger partial charge in [0.2, 0.25) is 0 Å². The SMILES string of the molecule is CC[C@@H](c1cccc(O)c1)[C@@H](C)CN(C)C.O=C(O)C(O)C(O)C(=O)O. The topological polar surface area (TPSA) is 139 Å². The minimum atomic E-state index is -2.27. The van der Waals surface area contributed by atoms with Crippen LogP contribution in [-0.2, 0) is 9.59 Å². The first-order valence-electron chi connectivity index (χ1n) is 8.26. The van der Waals surface area contributed by atoms with Crippen molar-refractivity contribution in [2.45, 2.75) is 38.4 Å². The van der Waals surface area contributed by atoms with Gasteiger partial charge >= 0.3 is 11.9 Å². The number of carboxylic acid groups (broad SMARTS) is 2. The minimum absolute atomic E-state index is 0.369. The van der Waals surface area contributed by atoms with Crippen LogP contribution in [0.2, 0.25) is 0 Å². The third-order valence-electron chi connectivity index (χ3n) is 3.88. The average molecular weight is 371 g/mol. The van der Waals surface area contributed by atoms with Gasteiger partial charge in [0.05, 0.1) is 0 Å². The van der Waals surface area contributed by atoms with Crippen LogP contribution in [0.15, 0.2) is 24.3 Å². The van der Waals surface area contributed by atoms with E-state index in [0.29, 0.717) is 17.6 Å². The molecular weight excluding hydrogens is 342 g/mol. The van der Waals surface area contributed by atoms with Crippen LogP contribution in [0.25, 0.3) is 0 Å². The zero-order valence-corrected chi connectivity index (χ0v) is 15.5. The van der Waals surface area contributed by atoms with E-state index in [1.54, 1.807) is 6.07 Å². The van der Waals surface area contributed by atoms with Crippen molar-refractivity contribution in [3.05, 3.63) is 29.8 Å². The normalized spacial score (nSPS) is 15.3. The van der Waals surface area contributed by atoms with E-state index in [9.17, 15) is 14.7 Å². The van der Waals surface area contributed by atoms with Gasteiger partial charge in [-0.2, -0.15) is 0 Å². The third kappa shape index (κ3) is 8.28. The number of nitrogens with zero attached hydrogens (tertiary/aromatic N) is 1. The number of hydrogen-bond donors (Lipinski definition) is 5. The number of rotatable bonds is 8. The highest BCUT2D eigenvalue weighted by molar-refractivity contribution is 5.83. The summed E-state index contributed by atoms with van der Waals surface area (Å²) in [5.41, 5.74) is 1.25. The summed E-state index contributed by atoms with van der Waals surface area (Å²) in [6.45, 7) is 5.56. The molecule has 0 fully saturated rings. The molecule has 0 heterocycles. The first-order valence-corrected chi connectivity index (χ1v) is 8.26. The van der Waals surface area contributed by atoms with Gasteiger partial charge in [-0.05, 0) is 50.0 Å². The Labute approximate surface area is 153 Å². The minimum Gasteiger partial charge on any atom is -0.508 e. The van der Waals surface area contributed by atoms with E-state index < -0.39 is 24.1 Å². The Morgan fingerprint density at radius 1 is 1.08 bits per heavy atom. The van der Waals surface area contributed by atoms with E-state index in [1.807, 2.05) is 12.1 Å². The molecule has 1 rings (SSSR count). The highest BCUT2D eigenvalue weighted by Gasteiger charge is 2.29. The number of hydrogen-bond acceptors (Lipinski definition) is 6. The molecule has 0 aliphatic rings. The molecule has 5 N–H and O–H groups in total. The highest BCUT2D eigenvalue weighted by atomic mass is 16.4. The fourth-order valence-electron chi connectivity index (χ4n) is 2.70. The molecule has 0 aromatic heterocycles. The van der Waals surface area contributed by atoms with E-state index >= 15 is 0 Å². The number of aliphatic carboxylic acids is 2. The van der Waals surface area contributed by atoms with Crippen LogP contribution in [0.5, 0.6) is 5.75 Å². The Morgan fingerprint density at radius 3 is 1.92 bits per heavy atom. The van der Waals surface area contributed by atoms with E-state index in [-0.39, 0.29) is 0 Å². The molecule has 4 atom stereocenters. The summed E-state index contributed by atoms with van der Waals surface area (Å²) in [7, 11) is 4.21. The van der Waals surface area contributed by atoms with E-state index in [0.717, 1.165) is 13.0 Å². The number of aromatic hydroxyl groups is 1. The number of phenolic OH excluding ortho intramolecular Hbond substituents is 1. The molecule has 0 spiro atoms. The lowest BCUT2D eigenvalue weighted by atomic mass is 9.85. The monoisotopic (exact) mass is 371 g/mol. The molecule has 26 heavy (non-hydrogen) atoms. The number of aliphatic hydroxyl groups excluding tert-OH is 2. The van der Waals surface area contributed by atoms with Gasteiger partial charge in [0.25, 0.3) is 0 Å². The van der Waals surface area contributed by atoms with E-state index in [1.165, 1.54) is 5.56 Å². The lowest BCUT2D eigenvalue weighted by molar-refractivity contribution is -0.165. The van der Waals surface area contributed by atoms with Crippen LogP contribution in [-0.4, -0.2) is 75.2 Å². The predicted molar refractivity (Wildman–Crippen MR) is 96.1 cm³/mol. The molecular formula is C18H29NO7. The zero-order chi connectivity index (χ0) is 20.4. The molecule has 0 bridgehead atoms. The van der Waals surface area contributed by atoms with Crippen molar-refractivity contribution in [1.82, 2.24) is 4.90 Å². The molecule has 0 aliphatic heterocycles. The van der Waals surface area contributed by atoms with E-state index in [4.69, 9.17) is 20.4 Å². The van der Waals surface area contributed by atoms with Gasteiger partial charge in [0, 0.05) is 6.54 Å². The summed E-state index contributed by atoms with van der Waals surface area (Å²) in [6.07, 6.45) is -3.42. The van der Waals surface area contributed by atoms with Crippen molar-refractivity contribution in [2.75, 3.05) is 20.6 Å². The summed E-state index contributed by atoms with van der Waals surface area (Å²) in [5.74, 6) is -2.05. The second-order valence-electron chi connectivity index (χ2n) is 6.42. The number of carboxylic acids is 2. The Morgan fingerprint density at radius 2 is 1.58 bits per heavy atom. The fourth-order valence-corrected chi connectivity index (χ4v) is 2.70. The molecule has 0 saturated carbocycles. The van der Waals surface area contributed by atoms with E-state index in [2.05, 4.69) is 38.9 Å². The maximum Gasteiger partial charge on any atom is 0.335 e. The lowest BCUT2D eigenvalue weighted by Crippen LogP contribution is -2.39. The van der Waals surface area contributed by atoms with Crippen molar-refractivity contribution >= 4 is 11.9 Å². The summed E-state index contributed by atoms with van der Waals surface area (Å²) < 4.78 is 0. The van der Waals surface area contributed by atoms with Crippen LogP contribution in [0, 0.1) is 5.92 Å². The predicted octanol–water partition coefficient (Wildman–Crippen LogP) is 0.961. The zero-order valence-electron chi connectivity index (χ0n) is 15.5. The molecule has 0 radical (unpaired) electrons.